The highest BCUT2D eigenvalue weighted by Crippen LogP contribution is 2.21. The number of nitrogens with zero attached hydrogens (tertiary/aromatic N) is 1. The van der Waals surface area contributed by atoms with Gasteiger partial charge >= 0.3 is 12.2 Å². The Kier molecular flexibility index (Phi) is 2.92. The van der Waals surface area contributed by atoms with E-state index in [0.717, 1.165) is 6.08 Å². The predicted molar refractivity (Wildman–Crippen MR) is 57.3 cm³/mol. The van der Waals surface area contributed by atoms with Gasteiger partial charge in [-0.1, -0.05) is 0 Å². The van der Waals surface area contributed by atoms with E-state index in [1.54, 1.807) is 10.6 Å². The zero-order valence-corrected chi connectivity index (χ0v) is 9.26. The first-order chi connectivity index (χ1) is 8.90. The maximum atomic E-state index is 12.0. The van der Waals surface area contributed by atoms with E-state index < -0.39 is 35.1 Å². The second-order valence-electron chi connectivity index (χ2n) is 3.58. The molecule has 1 aliphatic heterocycles. The van der Waals surface area contributed by atoms with E-state index in [2.05, 4.69) is 5.43 Å². The lowest BCUT2D eigenvalue weighted by Crippen LogP contribution is -2.39. The van der Waals surface area contributed by atoms with Crippen LogP contribution in [-0.4, -0.2) is 45.6 Å². The van der Waals surface area contributed by atoms with E-state index in [0.29, 0.717) is 6.67 Å². The van der Waals surface area contributed by atoms with E-state index in [-0.39, 0.29) is 5.70 Å². The van der Waals surface area contributed by atoms with E-state index in [4.69, 9.17) is 10.2 Å². The molecule has 2 rings (SSSR count). The van der Waals surface area contributed by atoms with Crippen LogP contribution < -0.4 is 16.1 Å². The predicted octanol–water partition coefficient (Wildman–Crippen LogP) is -1.45. The van der Waals surface area contributed by atoms with Crippen molar-refractivity contribution in [3.63, 3.8) is 0 Å². The molecule has 100 valence electrons. The lowest BCUT2D eigenvalue weighted by Gasteiger charge is -2.18. The average molecular weight is 268 g/mol. The molecule has 0 aromatic heterocycles. The summed E-state index contributed by atoms with van der Waals surface area (Å²) in [5, 5.41) is 22.0. The molecule has 10 nitrogen and oxygen atoms in total. The molecule has 1 saturated heterocycles. The number of carboxylic acid groups (broad SMARTS) is 2. The Labute approximate surface area is 105 Å². The summed E-state index contributed by atoms with van der Waals surface area (Å²) in [7, 11) is 0. The molecule has 1 heterocycles. The number of hydrogen-bond donors (Lipinski definition) is 5. The van der Waals surface area contributed by atoms with Crippen LogP contribution >= 0.6 is 0 Å². The molecule has 0 bridgehead atoms. The molecule has 0 radical (unpaired) electrons. The fourth-order valence-corrected chi connectivity index (χ4v) is 1.49. The smallest absolute Gasteiger partial charge is 0.409 e. The van der Waals surface area contributed by atoms with Crippen LogP contribution in [0.15, 0.2) is 23.2 Å². The Morgan fingerprint density at radius 3 is 2.16 bits per heavy atom. The third-order valence-electron chi connectivity index (χ3n) is 2.29. The molecule has 1 fully saturated rings. The summed E-state index contributed by atoms with van der Waals surface area (Å²) in [5.74, 6) is -1.61. The SMILES string of the molecule is O=C(O)NC1=C(NC(=O)O)C(=O)C(N2CN2)=CC1=O. The largest absolute Gasteiger partial charge is 0.465 e. The normalized spacial score (nSPS) is 18.1. The molecule has 19 heavy (non-hydrogen) atoms. The Morgan fingerprint density at radius 2 is 1.68 bits per heavy atom. The third-order valence-corrected chi connectivity index (χ3v) is 2.29. The van der Waals surface area contributed by atoms with Crippen molar-refractivity contribution < 1.29 is 29.4 Å². The minimum absolute atomic E-state index is 0.0512. The molecular formula is C9H8N4O6. The molecule has 0 saturated carbocycles. The number of carbonyl (C=O) groups is 4. The number of ketones is 2. The van der Waals surface area contributed by atoms with Gasteiger partial charge in [0.05, 0.1) is 0 Å². The summed E-state index contributed by atoms with van der Waals surface area (Å²) in [6, 6.07) is 0. The van der Waals surface area contributed by atoms with Crippen molar-refractivity contribution in [3.05, 3.63) is 23.2 Å². The van der Waals surface area contributed by atoms with E-state index >= 15 is 0 Å². The first kappa shape index (κ1) is 12.6. The minimum atomic E-state index is -1.58. The number of Topliss-reactive ketones (excluding diaryl/α,β-unsaturated/α-hetero) is 1. The van der Waals surface area contributed by atoms with Crippen LogP contribution in [-0.2, 0) is 9.59 Å². The van der Waals surface area contributed by atoms with Crippen molar-refractivity contribution in [1.29, 1.82) is 0 Å². The number of nitrogens with one attached hydrogen (secondary N) is 3. The Morgan fingerprint density at radius 1 is 1.16 bits per heavy atom. The second kappa shape index (κ2) is 4.42. The maximum absolute atomic E-state index is 12.0. The van der Waals surface area contributed by atoms with Crippen molar-refractivity contribution in [3.8, 4) is 0 Å². The van der Waals surface area contributed by atoms with Crippen LogP contribution in [0.25, 0.3) is 0 Å². The van der Waals surface area contributed by atoms with Gasteiger partial charge < -0.3 is 10.2 Å². The first-order valence-corrected chi connectivity index (χ1v) is 4.96. The zero-order chi connectivity index (χ0) is 14.2. The van der Waals surface area contributed by atoms with Crippen molar-refractivity contribution in [1.82, 2.24) is 21.1 Å². The molecule has 0 spiro atoms. The Bertz CT molecular complexity index is 559. The number of hydrogen-bond acceptors (Lipinski definition) is 6. The quantitative estimate of drug-likeness (QED) is 0.307. The van der Waals surface area contributed by atoms with E-state index in [1.165, 1.54) is 5.01 Å². The molecule has 10 heteroatoms. The summed E-state index contributed by atoms with van der Waals surface area (Å²) in [4.78, 5) is 44.8. The highest BCUT2D eigenvalue weighted by molar-refractivity contribution is 6.23. The zero-order valence-electron chi connectivity index (χ0n) is 9.26. The average Bonchev–Trinajstić information content (AvgIpc) is 3.11. The molecule has 1 aliphatic carbocycles. The number of rotatable bonds is 3. The van der Waals surface area contributed by atoms with Crippen molar-refractivity contribution >= 4 is 23.8 Å². The van der Waals surface area contributed by atoms with Gasteiger partial charge in [-0.15, -0.1) is 0 Å². The highest BCUT2D eigenvalue weighted by atomic mass is 16.4. The fraction of sp³-hybridized carbons (Fsp3) is 0.111. The summed E-state index contributed by atoms with van der Waals surface area (Å²) < 4.78 is 0. The maximum Gasteiger partial charge on any atom is 0.409 e. The Hall–Kier alpha value is -2.88. The number of hydrazine groups is 1. The summed E-state index contributed by atoms with van der Waals surface area (Å²) in [5.41, 5.74) is 1.35. The number of amides is 2. The van der Waals surface area contributed by atoms with Gasteiger partial charge in [0, 0.05) is 6.08 Å². The highest BCUT2D eigenvalue weighted by Gasteiger charge is 2.36. The van der Waals surface area contributed by atoms with Gasteiger partial charge in [-0.2, -0.15) is 0 Å². The van der Waals surface area contributed by atoms with Crippen LogP contribution in [0.4, 0.5) is 9.59 Å². The molecule has 2 aliphatic rings. The van der Waals surface area contributed by atoms with Gasteiger partial charge in [-0.3, -0.25) is 25.2 Å². The standard InChI is InChI=1S/C9H8N4O6/c14-4-1-3(13-2-10-13)7(15)6(12-9(18)19)5(4)11-8(16)17/h1,10-12H,2H2,(H,16,17)(H,18,19). The van der Waals surface area contributed by atoms with E-state index in [1.807, 2.05) is 0 Å². The van der Waals surface area contributed by atoms with Crippen molar-refractivity contribution in [2.45, 2.75) is 0 Å². The van der Waals surface area contributed by atoms with Gasteiger partial charge in [0.25, 0.3) is 0 Å². The number of carbonyl (C=O) groups excluding carboxylic acids is 2. The monoisotopic (exact) mass is 268 g/mol. The van der Waals surface area contributed by atoms with Crippen LogP contribution in [0, 0.1) is 0 Å². The van der Waals surface area contributed by atoms with Gasteiger partial charge in [-0.25, -0.2) is 15.0 Å². The summed E-state index contributed by atoms with van der Waals surface area (Å²) in [6.45, 7) is 0.340. The first-order valence-electron chi connectivity index (χ1n) is 4.96. The minimum Gasteiger partial charge on any atom is -0.465 e. The van der Waals surface area contributed by atoms with Crippen LogP contribution in [0.1, 0.15) is 0 Å². The number of allylic oxidation sites excluding steroid dienone is 1. The van der Waals surface area contributed by atoms with Gasteiger partial charge in [0.1, 0.15) is 23.8 Å². The molecule has 5 N–H and O–H groups in total. The molecule has 0 atom stereocenters. The Balaban J connectivity index is 2.39. The molecular weight excluding hydrogens is 260 g/mol. The van der Waals surface area contributed by atoms with Crippen LogP contribution in [0.5, 0.6) is 0 Å². The molecule has 2 amide bonds. The molecule has 0 aromatic carbocycles. The lowest BCUT2D eigenvalue weighted by molar-refractivity contribution is -0.117. The molecule has 0 aromatic rings. The lowest BCUT2D eigenvalue weighted by atomic mass is 10.0. The second-order valence-corrected chi connectivity index (χ2v) is 3.58. The van der Waals surface area contributed by atoms with Gasteiger partial charge in [0.2, 0.25) is 11.6 Å². The van der Waals surface area contributed by atoms with Gasteiger partial charge in [0.15, 0.2) is 0 Å². The fourth-order valence-electron chi connectivity index (χ4n) is 1.49. The van der Waals surface area contributed by atoms with Crippen LogP contribution in [0.3, 0.4) is 0 Å². The third kappa shape index (κ3) is 2.52. The summed E-state index contributed by atoms with van der Waals surface area (Å²) in [6.07, 6.45) is -2.23. The van der Waals surface area contributed by atoms with Crippen molar-refractivity contribution in [2.24, 2.45) is 0 Å². The van der Waals surface area contributed by atoms with Crippen molar-refractivity contribution in [2.75, 3.05) is 6.67 Å². The topological polar surface area (TPSA) is 158 Å². The van der Waals surface area contributed by atoms with E-state index in [9.17, 15) is 19.2 Å². The molecule has 0 unspecified atom stereocenters. The van der Waals surface area contributed by atoms with Crippen LogP contribution in [0.2, 0.25) is 0 Å². The summed E-state index contributed by atoms with van der Waals surface area (Å²) >= 11 is 0. The van der Waals surface area contributed by atoms with Gasteiger partial charge in [-0.05, 0) is 0 Å².